The van der Waals surface area contributed by atoms with Crippen molar-refractivity contribution in [2.45, 2.75) is 44.6 Å². The number of aromatic nitrogens is 1. The van der Waals surface area contributed by atoms with Crippen molar-refractivity contribution in [3.63, 3.8) is 0 Å². The van der Waals surface area contributed by atoms with Crippen molar-refractivity contribution in [3.8, 4) is 16.9 Å². The van der Waals surface area contributed by atoms with Gasteiger partial charge in [0.15, 0.2) is 0 Å². The SMILES string of the molecule is Cc1cc(-c2cc(NS(C)(=O)=O)ccc2OC2CCC(F)CC2F)cn(C)c1=O. The highest BCUT2D eigenvalue weighted by Crippen LogP contribution is 2.36. The molecule has 6 nitrogen and oxygen atoms in total. The maximum absolute atomic E-state index is 14.3. The van der Waals surface area contributed by atoms with E-state index in [0.717, 1.165) is 6.26 Å². The van der Waals surface area contributed by atoms with Crippen LogP contribution in [-0.4, -0.2) is 37.7 Å². The zero-order valence-corrected chi connectivity index (χ0v) is 17.3. The zero-order valence-electron chi connectivity index (χ0n) is 16.5. The molecule has 3 unspecified atom stereocenters. The van der Waals surface area contributed by atoms with Crippen molar-refractivity contribution >= 4 is 15.7 Å². The van der Waals surface area contributed by atoms with Gasteiger partial charge in [-0.15, -0.1) is 0 Å². The molecule has 158 valence electrons. The number of aryl methyl sites for hydroxylation is 2. The minimum atomic E-state index is -3.50. The van der Waals surface area contributed by atoms with Crippen LogP contribution in [0.4, 0.5) is 14.5 Å². The van der Waals surface area contributed by atoms with Crippen molar-refractivity contribution in [1.29, 1.82) is 0 Å². The highest BCUT2D eigenvalue weighted by Gasteiger charge is 2.32. The Morgan fingerprint density at radius 2 is 1.93 bits per heavy atom. The first-order valence-electron chi connectivity index (χ1n) is 9.28. The Kier molecular flexibility index (Phi) is 5.97. The summed E-state index contributed by atoms with van der Waals surface area (Å²) in [4.78, 5) is 12.0. The number of pyridine rings is 1. The molecule has 0 spiro atoms. The number of rotatable bonds is 5. The summed E-state index contributed by atoms with van der Waals surface area (Å²) in [5, 5.41) is 0. The van der Waals surface area contributed by atoms with Gasteiger partial charge < -0.3 is 9.30 Å². The molecular formula is C20H24F2N2O4S. The van der Waals surface area contributed by atoms with Crippen LogP contribution in [0.2, 0.25) is 0 Å². The maximum atomic E-state index is 14.3. The van der Waals surface area contributed by atoms with Crippen LogP contribution < -0.4 is 15.0 Å². The second-order valence-corrected chi connectivity index (χ2v) is 9.24. The molecule has 1 aliphatic carbocycles. The summed E-state index contributed by atoms with van der Waals surface area (Å²) < 4.78 is 60.6. The van der Waals surface area contributed by atoms with E-state index in [2.05, 4.69) is 4.72 Å². The Morgan fingerprint density at radius 1 is 1.21 bits per heavy atom. The van der Waals surface area contributed by atoms with Crippen molar-refractivity contribution < 1.29 is 21.9 Å². The number of nitrogens with zero attached hydrogens (tertiary/aromatic N) is 1. The van der Waals surface area contributed by atoms with Gasteiger partial charge in [0.25, 0.3) is 5.56 Å². The molecule has 1 saturated carbocycles. The van der Waals surface area contributed by atoms with E-state index in [1.807, 2.05) is 0 Å². The van der Waals surface area contributed by atoms with Crippen molar-refractivity contribution in [1.82, 2.24) is 4.57 Å². The molecule has 1 N–H and O–H groups in total. The third-order valence-corrected chi connectivity index (χ3v) is 5.49. The Balaban J connectivity index is 2.04. The van der Waals surface area contributed by atoms with Gasteiger partial charge in [-0.3, -0.25) is 9.52 Å². The predicted octanol–water partition coefficient (Wildman–Crippen LogP) is 3.34. The summed E-state index contributed by atoms with van der Waals surface area (Å²) in [5.41, 5.74) is 1.77. The van der Waals surface area contributed by atoms with Crippen molar-refractivity contribution in [2.24, 2.45) is 7.05 Å². The number of nitrogens with one attached hydrogen (secondary N) is 1. The van der Waals surface area contributed by atoms with E-state index in [1.165, 1.54) is 10.6 Å². The molecule has 0 amide bonds. The molecule has 0 aliphatic heterocycles. The minimum Gasteiger partial charge on any atom is -0.487 e. The highest BCUT2D eigenvalue weighted by molar-refractivity contribution is 7.92. The van der Waals surface area contributed by atoms with Crippen LogP contribution in [0.1, 0.15) is 24.8 Å². The van der Waals surface area contributed by atoms with Crippen molar-refractivity contribution in [3.05, 3.63) is 46.4 Å². The van der Waals surface area contributed by atoms with E-state index in [-0.39, 0.29) is 24.8 Å². The van der Waals surface area contributed by atoms with Gasteiger partial charge in [-0.05, 0) is 44.0 Å². The first-order chi connectivity index (χ1) is 13.5. The molecule has 0 bridgehead atoms. The topological polar surface area (TPSA) is 77.4 Å². The van der Waals surface area contributed by atoms with Crippen LogP contribution >= 0.6 is 0 Å². The lowest BCUT2D eigenvalue weighted by molar-refractivity contribution is 0.0324. The minimum absolute atomic E-state index is 0.160. The molecule has 3 rings (SSSR count). The van der Waals surface area contributed by atoms with E-state index in [1.54, 1.807) is 38.4 Å². The molecule has 29 heavy (non-hydrogen) atoms. The van der Waals surface area contributed by atoms with Crippen LogP contribution in [0.5, 0.6) is 5.75 Å². The van der Waals surface area contributed by atoms with E-state index in [9.17, 15) is 22.0 Å². The number of halogens is 2. The summed E-state index contributed by atoms with van der Waals surface area (Å²) in [6.45, 7) is 1.67. The molecule has 0 saturated heterocycles. The summed E-state index contributed by atoms with van der Waals surface area (Å²) in [6, 6.07) is 6.31. The summed E-state index contributed by atoms with van der Waals surface area (Å²) in [6.07, 6.45) is -0.469. The van der Waals surface area contributed by atoms with Gasteiger partial charge in [-0.25, -0.2) is 17.2 Å². The fraction of sp³-hybridized carbons (Fsp3) is 0.450. The van der Waals surface area contributed by atoms with Gasteiger partial charge in [0.05, 0.1) is 6.26 Å². The molecule has 2 aromatic rings. The fourth-order valence-electron chi connectivity index (χ4n) is 3.50. The van der Waals surface area contributed by atoms with Crippen LogP contribution in [0.25, 0.3) is 11.1 Å². The van der Waals surface area contributed by atoms with Crippen LogP contribution in [0.3, 0.4) is 0 Å². The predicted molar refractivity (Wildman–Crippen MR) is 108 cm³/mol. The van der Waals surface area contributed by atoms with Crippen LogP contribution in [-0.2, 0) is 17.1 Å². The lowest BCUT2D eigenvalue weighted by atomic mass is 9.94. The van der Waals surface area contributed by atoms with Crippen LogP contribution in [0, 0.1) is 6.92 Å². The monoisotopic (exact) mass is 426 g/mol. The summed E-state index contributed by atoms with van der Waals surface area (Å²) in [5.74, 6) is 0.340. The van der Waals surface area contributed by atoms with Crippen LogP contribution in [0.15, 0.2) is 35.3 Å². The maximum Gasteiger partial charge on any atom is 0.253 e. The number of alkyl halides is 2. The smallest absolute Gasteiger partial charge is 0.253 e. The number of anilines is 1. The molecule has 1 aromatic carbocycles. The van der Waals surface area contributed by atoms with Gasteiger partial charge in [0, 0.05) is 42.0 Å². The molecule has 0 radical (unpaired) electrons. The molecule has 9 heteroatoms. The van der Waals surface area contributed by atoms with Gasteiger partial charge in [-0.1, -0.05) is 0 Å². The average Bonchev–Trinajstić information content (AvgIpc) is 2.61. The number of ether oxygens (including phenoxy) is 1. The Hall–Kier alpha value is -2.42. The Bertz CT molecular complexity index is 1040. The number of sulfonamides is 1. The molecule has 1 fully saturated rings. The quantitative estimate of drug-likeness (QED) is 0.796. The first kappa shape index (κ1) is 21.3. The molecule has 1 heterocycles. The van der Waals surface area contributed by atoms with E-state index in [0.29, 0.717) is 28.1 Å². The van der Waals surface area contributed by atoms with Gasteiger partial charge >= 0.3 is 0 Å². The second-order valence-electron chi connectivity index (χ2n) is 7.50. The summed E-state index contributed by atoms with van der Waals surface area (Å²) in [7, 11) is -1.89. The third kappa shape index (κ3) is 5.14. The number of benzene rings is 1. The first-order valence-corrected chi connectivity index (χ1v) is 11.2. The normalized spacial score (nSPS) is 22.3. The van der Waals surface area contributed by atoms with E-state index < -0.39 is 28.5 Å². The fourth-order valence-corrected chi connectivity index (χ4v) is 4.05. The second kappa shape index (κ2) is 8.14. The van der Waals surface area contributed by atoms with E-state index >= 15 is 0 Å². The number of hydrogen-bond acceptors (Lipinski definition) is 4. The van der Waals surface area contributed by atoms with Crippen molar-refractivity contribution in [2.75, 3.05) is 11.0 Å². The Morgan fingerprint density at radius 3 is 2.55 bits per heavy atom. The summed E-state index contributed by atoms with van der Waals surface area (Å²) >= 11 is 0. The van der Waals surface area contributed by atoms with Gasteiger partial charge in [0.2, 0.25) is 10.0 Å². The molecule has 1 aliphatic rings. The molecular weight excluding hydrogens is 402 g/mol. The lowest BCUT2D eigenvalue weighted by Gasteiger charge is -2.29. The zero-order chi connectivity index (χ0) is 21.3. The standard InChI is InChI=1S/C20H24F2N2O4S/c1-12-8-13(11-24(2)20(12)25)16-10-15(23-29(3,26)27)5-7-18(16)28-19-6-4-14(21)9-17(19)22/h5,7-8,10-11,14,17,19,23H,4,6,9H2,1-3H3. The largest absolute Gasteiger partial charge is 0.487 e. The molecule has 3 atom stereocenters. The lowest BCUT2D eigenvalue weighted by Crippen LogP contribution is -2.36. The molecule has 1 aromatic heterocycles. The third-order valence-electron chi connectivity index (χ3n) is 4.88. The van der Waals surface area contributed by atoms with Gasteiger partial charge in [-0.2, -0.15) is 0 Å². The van der Waals surface area contributed by atoms with E-state index in [4.69, 9.17) is 4.74 Å². The van der Waals surface area contributed by atoms with Gasteiger partial charge in [0.1, 0.15) is 24.2 Å². The number of hydrogen-bond donors (Lipinski definition) is 1. The Labute approximate surface area is 168 Å². The highest BCUT2D eigenvalue weighted by atomic mass is 32.2. The average molecular weight is 426 g/mol.